The molecule has 2 heterocycles. The molecule has 0 spiro atoms. The summed E-state index contributed by atoms with van der Waals surface area (Å²) in [4.78, 5) is 66.5. The van der Waals surface area contributed by atoms with Gasteiger partial charge in [0.2, 0.25) is 23.6 Å². The Morgan fingerprint density at radius 1 is 1.23 bits per heavy atom. The third kappa shape index (κ3) is 6.53. The Morgan fingerprint density at radius 3 is 2.66 bits per heavy atom. The minimum Gasteiger partial charge on any atom is -0.459 e. The standard InChI is InChI=1S/C24H32N4O6S/c1-14-7-8-16-12-35-13-19(23(32)27(3)4)26-21(30)18(11-34-24(33)17(16)10-14)25-22(31)20-6-5-9-28(20)15(2)29/h7-8,10,18-20H,5-6,9,11-13H2,1-4H3,(H,25,31)(H,26,30)/t18-,19-,20+/m1/s1. The average Bonchev–Trinajstić information content (AvgIpc) is 3.31. The van der Waals surface area contributed by atoms with E-state index in [4.69, 9.17) is 4.74 Å². The maximum atomic E-state index is 13.2. The van der Waals surface area contributed by atoms with Crippen molar-refractivity contribution in [1.29, 1.82) is 0 Å². The van der Waals surface area contributed by atoms with Gasteiger partial charge in [-0.3, -0.25) is 19.2 Å². The van der Waals surface area contributed by atoms with Crippen LogP contribution < -0.4 is 10.6 Å². The van der Waals surface area contributed by atoms with Gasteiger partial charge in [-0.1, -0.05) is 17.7 Å². The van der Waals surface area contributed by atoms with Gasteiger partial charge in [-0.2, -0.15) is 11.8 Å². The van der Waals surface area contributed by atoms with Crippen molar-refractivity contribution in [1.82, 2.24) is 20.4 Å². The molecule has 2 N–H and O–H groups in total. The Kier molecular flexibility index (Phi) is 8.76. The van der Waals surface area contributed by atoms with E-state index >= 15 is 0 Å². The second kappa shape index (κ2) is 11.6. The van der Waals surface area contributed by atoms with Crippen LogP contribution in [0.2, 0.25) is 0 Å². The number of thioether (sulfide) groups is 1. The number of cyclic esters (lactones) is 1. The first kappa shape index (κ1) is 26.5. The van der Waals surface area contributed by atoms with Gasteiger partial charge in [0, 0.05) is 39.1 Å². The fourth-order valence-corrected chi connectivity index (χ4v) is 5.21. The first-order valence-corrected chi connectivity index (χ1v) is 12.7. The summed E-state index contributed by atoms with van der Waals surface area (Å²) < 4.78 is 5.46. The SMILES string of the molecule is CC(=O)N1CCC[C@H]1C(=O)N[C@@H]1COC(=O)c2cc(C)ccc2CSC[C@H](C(=O)N(C)C)NC1=O. The molecule has 3 atom stereocenters. The van der Waals surface area contributed by atoms with Gasteiger partial charge in [-0.05, 0) is 31.4 Å². The Labute approximate surface area is 209 Å². The van der Waals surface area contributed by atoms with Crippen molar-refractivity contribution >= 4 is 41.4 Å². The molecule has 3 rings (SSSR count). The number of aryl methyl sites for hydroxylation is 1. The molecular weight excluding hydrogens is 472 g/mol. The molecule has 1 saturated heterocycles. The van der Waals surface area contributed by atoms with Gasteiger partial charge in [0.15, 0.2) is 0 Å². The minimum atomic E-state index is -1.23. The second-order valence-corrected chi connectivity index (χ2v) is 10.0. The van der Waals surface area contributed by atoms with Crippen LogP contribution in [0.5, 0.6) is 0 Å². The zero-order valence-corrected chi connectivity index (χ0v) is 21.3. The van der Waals surface area contributed by atoms with Gasteiger partial charge in [0.1, 0.15) is 24.7 Å². The summed E-state index contributed by atoms with van der Waals surface area (Å²) in [6.45, 7) is 3.31. The molecule has 35 heavy (non-hydrogen) atoms. The lowest BCUT2D eigenvalue weighted by Gasteiger charge is -2.28. The second-order valence-electron chi connectivity index (χ2n) is 9.00. The van der Waals surface area contributed by atoms with E-state index < -0.39 is 42.5 Å². The maximum Gasteiger partial charge on any atom is 0.338 e. The summed E-state index contributed by atoms with van der Waals surface area (Å²) in [5.74, 6) is -1.49. The molecule has 1 aromatic carbocycles. The Balaban J connectivity index is 1.87. The molecule has 0 radical (unpaired) electrons. The number of benzene rings is 1. The summed E-state index contributed by atoms with van der Waals surface area (Å²) in [5.41, 5.74) is 2.03. The highest BCUT2D eigenvalue weighted by Crippen LogP contribution is 2.21. The number of amides is 4. The highest BCUT2D eigenvalue weighted by molar-refractivity contribution is 7.98. The summed E-state index contributed by atoms with van der Waals surface area (Å²) >= 11 is 1.41. The number of fused-ring (bicyclic) bond motifs is 1. The van der Waals surface area contributed by atoms with Crippen molar-refractivity contribution in [2.24, 2.45) is 0 Å². The first-order chi connectivity index (χ1) is 16.6. The number of ether oxygens (including phenoxy) is 1. The quantitative estimate of drug-likeness (QED) is 0.573. The maximum absolute atomic E-state index is 13.2. The Morgan fingerprint density at radius 2 is 1.97 bits per heavy atom. The van der Waals surface area contributed by atoms with E-state index in [-0.39, 0.29) is 17.6 Å². The van der Waals surface area contributed by atoms with Crippen molar-refractivity contribution in [3.63, 3.8) is 0 Å². The Hall–Kier alpha value is -3.08. The van der Waals surface area contributed by atoms with Crippen molar-refractivity contribution < 1.29 is 28.7 Å². The highest BCUT2D eigenvalue weighted by atomic mass is 32.2. The summed E-state index contributed by atoms with van der Waals surface area (Å²) in [7, 11) is 3.20. The van der Waals surface area contributed by atoms with Gasteiger partial charge in [-0.15, -0.1) is 0 Å². The monoisotopic (exact) mass is 504 g/mol. The highest BCUT2D eigenvalue weighted by Gasteiger charge is 2.36. The third-order valence-electron chi connectivity index (χ3n) is 6.06. The number of likely N-dealkylation sites (tertiary alicyclic amines) is 1. The molecule has 11 heteroatoms. The molecule has 1 fully saturated rings. The normalized spacial score (nSPS) is 23.2. The number of nitrogens with zero attached hydrogens (tertiary/aromatic N) is 2. The molecule has 0 aliphatic carbocycles. The van der Waals surface area contributed by atoms with Crippen LogP contribution in [0.4, 0.5) is 0 Å². The van der Waals surface area contributed by atoms with Gasteiger partial charge in [-0.25, -0.2) is 4.79 Å². The van der Waals surface area contributed by atoms with Gasteiger partial charge >= 0.3 is 5.97 Å². The number of hydrogen-bond donors (Lipinski definition) is 2. The summed E-state index contributed by atoms with van der Waals surface area (Å²) in [5, 5.41) is 5.34. The summed E-state index contributed by atoms with van der Waals surface area (Å²) in [6.07, 6.45) is 1.15. The topological polar surface area (TPSA) is 125 Å². The number of rotatable bonds is 3. The molecule has 1 aromatic rings. The largest absolute Gasteiger partial charge is 0.459 e. The van der Waals surface area contributed by atoms with Crippen LogP contribution in [-0.2, 0) is 29.7 Å². The van der Waals surface area contributed by atoms with E-state index in [0.29, 0.717) is 30.7 Å². The number of nitrogens with one attached hydrogen (secondary N) is 2. The van der Waals surface area contributed by atoms with Crippen LogP contribution in [0.1, 0.15) is 41.3 Å². The van der Waals surface area contributed by atoms with Crippen molar-refractivity contribution in [3.8, 4) is 0 Å². The van der Waals surface area contributed by atoms with Crippen LogP contribution >= 0.6 is 11.8 Å². The van der Waals surface area contributed by atoms with Crippen LogP contribution in [0.3, 0.4) is 0 Å². The molecule has 0 bridgehead atoms. The van der Waals surface area contributed by atoms with E-state index in [0.717, 1.165) is 11.1 Å². The predicted molar refractivity (Wildman–Crippen MR) is 131 cm³/mol. The van der Waals surface area contributed by atoms with E-state index in [2.05, 4.69) is 10.6 Å². The number of likely N-dealkylation sites (N-methyl/N-ethyl adjacent to an activating group) is 1. The average molecular weight is 505 g/mol. The molecule has 2 aliphatic heterocycles. The van der Waals surface area contributed by atoms with Crippen molar-refractivity contribution in [2.75, 3.05) is 33.0 Å². The molecule has 4 amide bonds. The van der Waals surface area contributed by atoms with Gasteiger partial charge in [0.25, 0.3) is 0 Å². The van der Waals surface area contributed by atoms with E-state index in [1.807, 2.05) is 19.1 Å². The molecule has 190 valence electrons. The van der Waals surface area contributed by atoms with E-state index in [1.54, 1.807) is 20.2 Å². The molecule has 0 unspecified atom stereocenters. The molecule has 0 saturated carbocycles. The minimum absolute atomic E-state index is 0.224. The van der Waals surface area contributed by atoms with Crippen LogP contribution in [0, 0.1) is 6.92 Å². The van der Waals surface area contributed by atoms with Crippen molar-refractivity contribution in [3.05, 3.63) is 34.9 Å². The molecule has 0 aromatic heterocycles. The molecular formula is C24H32N4O6S. The lowest BCUT2D eigenvalue weighted by atomic mass is 10.1. The zero-order valence-electron chi connectivity index (χ0n) is 20.5. The van der Waals surface area contributed by atoms with Crippen LogP contribution in [0.15, 0.2) is 18.2 Å². The smallest absolute Gasteiger partial charge is 0.338 e. The van der Waals surface area contributed by atoms with Gasteiger partial charge < -0.3 is 25.2 Å². The fourth-order valence-electron chi connectivity index (χ4n) is 4.16. The molecule has 10 nitrogen and oxygen atoms in total. The first-order valence-electron chi connectivity index (χ1n) is 11.5. The summed E-state index contributed by atoms with van der Waals surface area (Å²) in [6, 6.07) is 2.72. The van der Waals surface area contributed by atoms with Gasteiger partial charge in [0.05, 0.1) is 5.56 Å². The predicted octanol–water partition coefficient (Wildman–Crippen LogP) is 0.467. The van der Waals surface area contributed by atoms with E-state index in [9.17, 15) is 24.0 Å². The van der Waals surface area contributed by atoms with Crippen LogP contribution in [0.25, 0.3) is 0 Å². The van der Waals surface area contributed by atoms with E-state index in [1.165, 1.54) is 28.5 Å². The number of esters is 1. The Bertz CT molecular complexity index is 1010. The molecule has 2 aliphatic rings. The van der Waals surface area contributed by atoms with Crippen LogP contribution in [-0.4, -0.2) is 90.5 Å². The number of hydrogen-bond acceptors (Lipinski definition) is 7. The lowest BCUT2D eigenvalue weighted by molar-refractivity contribution is -0.139. The zero-order chi connectivity index (χ0) is 25.7. The number of carbonyl (C=O) groups is 5. The lowest BCUT2D eigenvalue weighted by Crippen LogP contribution is -2.58. The van der Waals surface area contributed by atoms with Crippen molar-refractivity contribution in [2.45, 2.75) is 50.6 Å². The third-order valence-corrected chi connectivity index (χ3v) is 7.14. The number of carbonyl (C=O) groups excluding carboxylic acids is 5. The fraction of sp³-hybridized carbons (Fsp3) is 0.542.